The van der Waals surface area contributed by atoms with Crippen molar-refractivity contribution >= 4 is 22.9 Å². The first-order chi connectivity index (χ1) is 13.5. The van der Waals surface area contributed by atoms with E-state index in [-0.39, 0.29) is 5.82 Å². The van der Waals surface area contributed by atoms with E-state index in [2.05, 4.69) is 25.1 Å². The molecule has 2 aromatic heterocycles. The fourth-order valence-electron chi connectivity index (χ4n) is 3.40. The van der Waals surface area contributed by atoms with Crippen molar-refractivity contribution in [2.75, 3.05) is 44.8 Å². The number of anilines is 2. The Kier molecular flexibility index (Phi) is 6.59. The van der Waals surface area contributed by atoms with Gasteiger partial charge >= 0.3 is 0 Å². The van der Waals surface area contributed by atoms with Crippen molar-refractivity contribution in [2.24, 2.45) is 5.90 Å². The molecule has 1 saturated heterocycles. The van der Waals surface area contributed by atoms with Crippen LogP contribution in [0.15, 0.2) is 6.33 Å². The van der Waals surface area contributed by atoms with Gasteiger partial charge in [-0.3, -0.25) is 4.57 Å². The Morgan fingerprint density at radius 3 is 2.82 bits per heavy atom. The Labute approximate surface area is 162 Å². The molecule has 156 valence electrons. The second kappa shape index (κ2) is 8.94. The molecule has 0 aromatic carbocycles. The molecule has 0 saturated carbocycles. The minimum Gasteiger partial charge on any atom is -0.387 e. The van der Waals surface area contributed by atoms with Crippen molar-refractivity contribution in [3.8, 4) is 0 Å². The van der Waals surface area contributed by atoms with E-state index in [4.69, 9.17) is 16.4 Å². The van der Waals surface area contributed by atoms with Gasteiger partial charge < -0.3 is 35.7 Å². The number of ether oxygens (including phenoxy) is 1. The number of hydrogen-bond donors (Lipinski definition) is 5. The highest BCUT2D eigenvalue weighted by molar-refractivity contribution is 5.84. The van der Waals surface area contributed by atoms with Gasteiger partial charge in [-0.2, -0.15) is 0 Å². The maximum atomic E-state index is 10.6. The van der Waals surface area contributed by atoms with Crippen LogP contribution in [0.1, 0.15) is 19.1 Å². The third-order valence-corrected chi connectivity index (χ3v) is 4.86. The third-order valence-electron chi connectivity index (χ3n) is 4.86. The lowest BCUT2D eigenvalue weighted by atomic mass is 10.1. The van der Waals surface area contributed by atoms with Crippen LogP contribution in [0.3, 0.4) is 0 Å². The molecule has 0 radical (unpaired) electrons. The average molecular weight is 396 g/mol. The lowest BCUT2D eigenvalue weighted by molar-refractivity contribution is -0.0412. The second-order valence-corrected chi connectivity index (χ2v) is 6.87. The molecule has 0 aliphatic carbocycles. The molecule has 12 heteroatoms. The highest BCUT2D eigenvalue weighted by Gasteiger charge is 2.45. The number of aromatic nitrogens is 4. The first kappa shape index (κ1) is 20.6. The van der Waals surface area contributed by atoms with Gasteiger partial charge in [0.2, 0.25) is 5.95 Å². The number of likely N-dealkylation sites (N-methyl/N-ethyl adjacent to an activating group) is 1. The maximum Gasteiger partial charge on any atom is 0.207 e. The topological polar surface area (TPSA) is 170 Å². The van der Waals surface area contributed by atoms with Crippen molar-refractivity contribution in [1.82, 2.24) is 24.4 Å². The van der Waals surface area contributed by atoms with Crippen LogP contribution in [-0.4, -0.2) is 86.7 Å². The zero-order valence-electron chi connectivity index (χ0n) is 16.0. The summed E-state index contributed by atoms with van der Waals surface area (Å²) in [6.45, 7) is 1.75. The smallest absolute Gasteiger partial charge is 0.207 e. The number of fused-ring (bicyclic) bond motifs is 1. The molecule has 28 heavy (non-hydrogen) atoms. The van der Waals surface area contributed by atoms with Crippen LogP contribution < -0.4 is 16.9 Å². The first-order valence-electron chi connectivity index (χ1n) is 9.16. The molecular formula is C16H28N8O4. The number of hydrogen-bond acceptors (Lipinski definition) is 11. The van der Waals surface area contributed by atoms with E-state index in [9.17, 15) is 10.2 Å². The number of aliphatic hydroxyl groups is 2. The van der Waals surface area contributed by atoms with Crippen LogP contribution in [0.25, 0.3) is 11.2 Å². The summed E-state index contributed by atoms with van der Waals surface area (Å²) in [5.74, 6) is 5.66. The van der Waals surface area contributed by atoms with E-state index in [1.165, 1.54) is 6.33 Å². The van der Waals surface area contributed by atoms with Gasteiger partial charge in [0, 0.05) is 13.6 Å². The quantitative estimate of drug-likeness (QED) is 0.251. The molecule has 0 amide bonds. The van der Waals surface area contributed by atoms with Crippen molar-refractivity contribution in [3.05, 3.63) is 6.33 Å². The summed E-state index contributed by atoms with van der Waals surface area (Å²) in [7, 11) is 3.62. The van der Waals surface area contributed by atoms with Gasteiger partial charge in [0.05, 0.1) is 6.61 Å². The van der Waals surface area contributed by atoms with Crippen LogP contribution >= 0.6 is 0 Å². The molecule has 1 aliphatic heterocycles. The molecule has 3 rings (SSSR count). The number of aliphatic hydroxyl groups excluding tert-OH is 2. The van der Waals surface area contributed by atoms with E-state index in [1.807, 2.05) is 11.9 Å². The summed E-state index contributed by atoms with van der Waals surface area (Å²) >= 11 is 0. The van der Waals surface area contributed by atoms with Gasteiger partial charge in [0.15, 0.2) is 23.2 Å². The molecule has 1 aliphatic rings. The molecule has 4 atom stereocenters. The number of imidazole rings is 1. The molecule has 1 fully saturated rings. The van der Waals surface area contributed by atoms with E-state index in [0.717, 1.165) is 19.4 Å². The Morgan fingerprint density at radius 1 is 1.32 bits per heavy atom. The summed E-state index contributed by atoms with van der Waals surface area (Å²) in [5.41, 5.74) is 6.71. The van der Waals surface area contributed by atoms with Gasteiger partial charge in [-0.25, -0.2) is 20.8 Å². The third kappa shape index (κ3) is 4.01. The summed E-state index contributed by atoms with van der Waals surface area (Å²) in [4.78, 5) is 19.1. The molecule has 12 nitrogen and oxygen atoms in total. The Bertz CT molecular complexity index is 787. The predicted octanol–water partition coefficient (Wildman–Crippen LogP) is -1.33. The van der Waals surface area contributed by atoms with Gasteiger partial charge in [-0.1, -0.05) is 0 Å². The molecule has 0 spiro atoms. The summed E-state index contributed by atoms with van der Waals surface area (Å²) in [6.07, 6.45) is -0.574. The van der Waals surface area contributed by atoms with Crippen molar-refractivity contribution in [2.45, 2.75) is 37.4 Å². The van der Waals surface area contributed by atoms with Crippen LogP contribution in [0.2, 0.25) is 0 Å². The van der Waals surface area contributed by atoms with E-state index >= 15 is 0 Å². The van der Waals surface area contributed by atoms with E-state index < -0.39 is 24.5 Å². The standard InChI is InChI=1S/C16H28N8O4/c1-19-16-22-10-13(17)20-8-21-14(10)24(16)15-12(26)11(25)9(28-15)7-23(2)5-3-4-6-27-18/h8-9,11-12,15,25-26H,3-7,18H2,1-2H3,(H,19,22)(H2,17,20,21)/t9-,11?,12?,15-/m1/s1. The van der Waals surface area contributed by atoms with Crippen molar-refractivity contribution in [1.29, 1.82) is 0 Å². The number of rotatable bonds is 9. The van der Waals surface area contributed by atoms with Gasteiger partial charge in [0.25, 0.3) is 0 Å². The molecule has 7 N–H and O–H groups in total. The predicted molar refractivity (Wildman–Crippen MR) is 102 cm³/mol. The zero-order valence-corrected chi connectivity index (χ0v) is 16.0. The maximum absolute atomic E-state index is 10.6. The Balaban J connectivity index is 1.76. The highest BCUT2D eigenvalue weighted by Crippen LogP contribution is 2.35. The monoisotopic (exact) mass is 396 g/mol. The minimum atomic E-state index is -1.15. The largest absolute Gasteiger partial charge is 0.387 e. The Morgan fingerprint density at radius 2 is 2.11 bits per heavy atom. The molecule has 0 bridgehead atoms. The van der Waals surface area contributed by atoms with Crippen LogP contribution in [0.5, 0.6) is 0 Å². The van der Waals surface area contributed by atoms with Crippen molar-refractivity contribution < 1.29 is 19.8 Å². The summed E-state index contributed by atoms with van der Waals surface area (Å²) in [6, 6.07) is 0. The van der Waals surface area contributed by atoms with Crippen LogP contribution in [-0.2, 0) is 9.57 Å². The number of nitrogens with zero attached hydrogens (tertiary/aromatic N) is 5. The first-order valence-corrected chi connectivity index (χ1v) is 9.16. The number of unbranched alkanes of at least 4 members (excludes halogenated alkanes) is 1. The number of nitrogens with two attached hydrogens (primary N) is 2. The lowest BCUT2D eigenvalue weighted by Gasteiger charge is -2.22. The SMILES string of the molecule is CNc1nc2c(N)ncnc2n1[C@@H]1O[C@H](CN(C)CCCCON)C(O)C1O. The average Bonchev–Trinajstić information content (AvgIpc) is 3.18. The molecule has 2 unspecified atom stereocenters. The van der Waals surface area contributed by atoms with Gasteiger partial charge in [-0.05, 0) is 26.4 Å². The van der Waals surface area contributed by atoms with Crippen LogP contribution in [0, 0.1) is 0 Å². The summed E-state index contributed by atoms with van der Waals surface area (Å²) < 4.78 is 7.61. The van der Waals surface area contributed by atoms with Crippen molar-refractivity contribution in [3.63, 3.8) is 0 Å². The van der Waals surface area contributed by atoms with Crippen LogP contribution in [0.4, 0.5) is 11.8 Å². The molecule has 3 heterocycles. The minimum absolute atomic E-state index is 0.228. The normalized spacial score (nSPS) is 25.1. The van der Waals surface area contributed by atoms with Gasteiger partial charge in [0.1, 0.15) is 24.6 Å². The Hall–Kier alpha value is -2.09. The van der Waals surface area contributed by atoms with E-state index in [1.54, 1.807) is 11.6 Å². The fraction of sp³-hybridized carbons (Fsp3) is 0.688. The summed E-state index contributed by atoms with van der Waals surface area (Å²) in [5, 5.41) is 24.1. The number of nitrogen functional groups attached to an aromatic ring is 1. The zero-order chi connectivity index (χ0) is 20.3. The highest BCUT2D eigenvalue weighted by atomic mass is 16.6. The number of nitrogens with one attached hydrogen (secondary N) is 1. The van der Waals surface area contributed by atoms with Gasteiger partial charge in [-0.15, -0.1) is 0 Å². The molecular weight excluding hydrogens is 368 g/mol. The lowest BCUT2D eigenvalue weighted by Crippen LogP contribution is -2.38. The van der Waals surface area contributed by atoms with E-state index in [0.29, 0.717) is 30.3 Å². The fourth-order valence-corrected chi connectivity index (χ4v) is 3.40. The molecule has 2 aromatic rings. The second-order valence-electron chi connectivity index (χ2n) is 6.87.